The smallest absolute Gasteiger partial charge is 0.138 e. The number of hydrogen-bond acceptors (Lipinski definition) is 2. The summed E-state index contributed by atoms with van der Waals surface area (Å²) in [5.41, 5.74) is 2.39. The van der Waals surface area contributed by atoms with Crippen LogP contribution in [0.5, 0.6) is 0 Å². The van der Waals surface area contributed by atoms with Crippen LogP contribution in [0.4, 0.5) is 5.69 Å². The van der Waals surface area contributed by atoms with E-state index in [2.05, 4.69) is 52.2 Å². The standard InChI is InChI=1S/C19H20INO/c20-16-9-4-5-10-18(16)21-17-11-6-12-19(22)15(17)13-14-7-2-1-3-8-14/h1-5,7-10,15,17,21H,6,11-13H2. The molecular formula is C19H20INO. The Hall–Kier alpha value is -1.36. The molecular weight excluding hydrogens is 385 g/mol. The molecule has 3 heteroatoms. The van der Waals surface area contributed by atoms with Gasteiger partial charge in [-0.25, -0.2) is 0 Å². The van der Waals surface area contributed by atoms with Crippen LogP contribution in [0.15, 0.2) is 54.6 Å². The van der Waals surface area contributed by atoms with E-state index in [1.54, 1.807) is 0 Å². The van der Waals surface area contributed by atoms with Crippen LogP contribution in [-0.2, 0) is 11.2 Å². The molecule has 1 fully saturated rings. The van der Waals surface area contributed by atoms with E-state index in [1.165, 1.54) is 9.13 Å². The summed E-state index contributed by atoms with van der Waals surface area (Å²) in [6, 6.07) is 18.9. The monoisotopic (exact) mass is 405 g/mol. The molecule has 0 spiro atoms. The molecule has 0 aromatic heterocycles. The van der Waals surface area contributed by atoms with Crippen LogP contribution in [0, 0.1) is 9.49 Å². The lowest BCUT2D eigenvalue weighted by Crippen LogP contribution is -2.39. The number of carbonyl (C=O) groups excluding carboxylic acids is 1. The van der Waals surface area contributed by atoms with Crippen LogP contribution in [0.2, 0.25) is 0 Å². The maximum Gasteiger partial charge on any atom is 0.138 e. The molecule has 0 saturated heterocycles. The van der Waals surface area contributed by atoms with Crippen molar-refractivity contribution in [2.75, 3.05) is 5.32 Å². The maximum absolute atomic E-state index is 12.4. The number of Topliss-reactive ketones (excluding diaryl/α,β-unsaturated/α-hetero) is 1. The fourth-order valence-electron chi connectivity index (χ4n) is 3.18. The second-order valence-electron chi connectivity index (χ2n) is 5.89. The van der Waals surface area contributed by atoms with Crippen LogP contribution in [0.25, 0.3) is 0 Å². The van der Waals surface area contributed by atoms with Crippen LogP contribution in [0.1, 0.15) is 24.8 Å². The van der Waals surface area contributed by atoms with Gasteiger partial charge in [0, 0.05) is 27.6 Å². The number of halogens is 1. The van der Waals surface area contributed by atoms with E-state index in [-0.39, 0.29) is 12.0 Å². The van der Waals surface area contributed by atoms with Gasteiger partial charge in [0.1, 0.15) is 5.78 Å². The minimum absolute atomic E-state index is 0.0761. The highest BCUT2D eigenvalue weighted by Crippen LogP contribution is 2.29. The summed E-state index contributed by atoms with van der Waals surface area (Å²) in [6.07, 6.45) is 3.61. The lowest BCUT2D eigenvalue weighted by molar-refractivity contribution is -0.124. The zero-order valence-electron chi connectivity index (χ0n) is 12.5. The highest BCUT2D eigenvalue weighted by Gasteiger charge is 2.32. The van der Waals surface area contributed by atoms with E-state index < -0.39 is 0 Å². The van der Waals surface area contributed by atoms with Gasteiger partial charge in [-0.15, -0.1) is 0 Å². The Morgan fingerprint density at radius 2 is 1.77 bits per heavy atom. The van der Waals surface area contributed by atoms with Crippen molar-refractivity contribution in [3.05, 3.63) is 63.7 Å². The van der Waals surface area contributed by atoms with Crippen molar-refractivity contribution >= 4 is 34.1 Å². The fourth-order valence-corrected chi connectivity index (χ4v) is 3.73. The van der Waals surface area contributed by atoms with Crippen molar-refractivity contribution in [2.45, 2.75) is 31.7 Å². The first kappa shape index (κ1) is 15.5. The first-order valence-electron chi connectivity index (χ1n) is 7.82. The average molecular weight is 405 g/mol. The molecule has 0 bridgehead atoms. The van der Waals surface area contributed by atoms with E-state index in [4.69, 9.17) is 0 Å². The highest BCUT2D eigenvalue weighted by molar-refractivity contribution is 14.1. The van der Waals surface area contributed by atoms with Gasteiger partial charge in [-0.1, -0.05) is 42.5 Å². The molecule has 0 aliphatic heterocycles. The SMILES string of the molecule is O=C1CCCC(Nc2ccccc2I)C1Cc1ccccc1. The van der Waals surface area contributed by atoms with Gasteiger partial charge in [-0.3, -0.25) is 4.79 Å². The molecule has 0 radical (unpaired) electrons. The molecule has 2 aromatic carbocycles. The van der Waals surface area contributed by atoms with Crippen molar-refractivity contribution in [3.8, 4) is 0 Å². The molecule has 0 amide bonds. The fraction of sp³-hybridized carbons (Fsp3) is 0.316. The number of anilines is 1. The summed E-state index contributed by atoms with van der Waals surface area (Å²) in [4.78, 5) is 12.4. The number of hydrogen-bond donors (Lipinski definition) is 1. The number of rotatable bonds is 4. The minimum atomic E-state index is 0.0761. The van der Waals surface area contributed by atoms with Crippen LogP contribution in [0.3, 0.4) is 0 Å². The molecule has 1 N–H and O–H groups in total. The third-order valence-corrected chi connectivity index (χ3v) is 5.29. The predicted molar refractivity (Wildman–Crippen MR) is 99.1 cm³/mol. The topological polar surface area (TPSA) is 29.1 Å². The molecule has 2 nitrogen and oxygen atoms in total. The van der Waals surface area contributed by atoms with Gasteiger partial charge in [0.25, 0.3) is 0 Å². The maximum atomic E-state index is 12.4. The predicted octanol–water partition coefficient (Wildman–Crippen LogP) is 4.68. The molecule has 2 atom stereocenters. The first-order chi connectivity index (χ1) is 10.7. The molecule has 1 aliphatic carbocycles. The van der Waals surface area contributed by atoms with Gasteiger partial charge < -0.3 is 5.32 Å². The van der Waals surface area contributed by atoms with Crippen molar-refractivity contribution in [1.29, 1.82) is 0 Å². The molecule has 2 aromatic rings. The van der Waals surface area contributed by atoms with Crippen LogP contribution in [-0.4, -0.2) is 11.8 Å². The molecule has 3 rings (SSSR count). The van der Waals surface area contributed by atoms with E-state index in [0.29, 0.717) is 5.78 Å². The van der Waals surface area contributed by atoms with Crippen molar-refractivity contribution in [1.82, 2.24) is 0 Å². The van der Waals surface area contributed by atoms with Crippen LogP contribution >= 0.6 is 22.6 Å². The Morgan fingerprint density at radius 3 is 2.55 bits per heavy atom. The summed E-state index contributed by atoms with van der Waals surface area (Å²) in [5, 5.41) is 3.62. The third-order valence-electron chi connectivity index (χ3n) is 4.35. The third kappa shape index (κ3) is 3.69. The van der Waals surface area contributed by atoms with Crippen LogP contribution < -0.4 is 5.32 Å². The lowest BCUT2D eigenvalue weighted by atomic mass is 9.79. The summed E-state index contributed by atoms with van der Waals surface area (Å²) < 4.78 is 1.21. The van der Waals surface area contributed by atoms with E-state index in [9.17, 15) is 4.79 Å². The molecule has 1 saturated carbocycles. The molecule has 0 heterocycles. The number of para-hydroxylation sites is 1. The van der Waals surface area contributed by atoms with E-state index in [0.717, 1.165) is 31.4 Å². The summed E-state index contributed by atoms with van der Waals surface area (Å²) in [5.74, 6) is 0.477. The Balaban J connectivity index is 1.78. The van der Waals surface area contributed by atoms with Gasteiger partial charge in [-0.2, -0.15) is 0 Å². The van der Waals surface area contributed by atoms with Crippen molar-refractivity contribution in [3.63, 3.8) is 0 Å². The number of benzene rings is 2. The van der Waals surface area contributed by atoms with Gasteiger partial charge in [-0.05, 0) is 59.5 Å². The van der Waals surface area contributed by atoms with E-state index >= 15 is 0 Å². The largest absolute Gasteiger partial charge is 0.381 e. The van der Waals surface area contributed by atoms with Gasteiger partial charge in [0.2, 0.25) is 0 Å². The second-order valence-corrected chi connectivity index (χ2v) is 7.05. The molecule has 2 unspecified atom stereocenters. The zero-order chi connectivity index (χ0) is 15.4. The number of nitrogens with one attached hydrogen (secondary N) is 1. The molecule has 114 valence electrons. The number of carbonyl (C=O) groups is 1. The average Bonchev–Trinajstić information content (AvgIpc) is 2.54. The number of ketones is 1. The highest BCUT2D eigenvalue weighted by atomic mass is 127. The lowest BCUT2D eigenvalue weighted by Gasteiger charge is -2.32. The second kappa shape index (κ2) is 7.27. The van der Waals surface area contributed by atoms with Gasteiger partial charge in [0.05, 0.1) is 0 Å². The molecule has 22 heavy (non-hydrogen) atoms. The Bertz CT molecular complexity index is 641. The Labute approximate surface area is 145 Å². The van der Waals surface area contributed by atoms with Gasteiger partial charge >= 0.3 is 0 Å². The minimum Gasteiger partial charge on any atom is -0.381 e. The zero-order valence-corrected chi connectivity index (χ0v) is 14.6. The Kier molecular flexibility index (Phi) is 5.13. The van der Waals surface area contributed by atoms with Crippen molar-refractivity contribution < 1.29 is 4.79 Å². The quantitative estimate of drug-likeness (QED) is 0.749. The van der Waals surface area contributed by atoms with Gasteiger partial charge in [0.15, 0.2) is 0 Å². The summed E-state index contributed by atoms with van der Waals surface area (Å²) in [7, 11) is 0. The Morgan fingerprint density at radius 1 is 1.05 bits per heavy atom. The summed E-state index contributed by atoms with van der Waals surface area (Å²) >= 11 is 2.35. The van der Waals surface area contributed by atoms with E-state index in [1.807, 2.05) is 30.3 Å². The molecule has 1 aliphatic rings. The first-order valence-corrected chi connectivity index (χ1v) is 8.89. The van der Waals surface area contributed by atoms with Crippen molar-refractivity contribution in [2.24, 2.45) is 5.92 Å². The summed E-state index contributed by atoms with van der Waals surface area (Å²) in [6.45, 7) is 0. The normalized spacial score (nSPS) is 21.6.